The highest BCUT2D eigenvalue weighted by molar-refractivity contribution is 7.13. The Morgan fingerprint density at radius 1 is 1.44 bits per heavy atom. The Hall–Kier alpha value is -3.14. The summed E-state index contributed by atoms with van der Waals surface area (Å²) in [4.78, 5) is 30.1. The van der Waals surface area contributed by atoms with Gasteiger partial charge in [-0.3, -0.25) is 4.79 Å². The van der Waals surface area contributed by atoms with E-state index in [-0.39, 0.29) is 11.8 Å². The van der Waals surface area contributed by atoms with Crippen LogP contribution in [0.5, 0.6) is 0 Å². The molecule has 1 saturated heterocycles. The normalized spacial score (nSPS) is 16.9. The number of carbonyl (C=O) groups is 1. The number of aromatic nitrogens is 6. The molecule has 0 spiro atoms. The van der Waals surface area contributed by atoms with Crippen LogP contribution in [-0.2, 0) is 4.79 Å². The first-order valence-corrected chi connectivity index (χ1v) is 9.39. The van der Waals surface area contributed by atoms with Gasteiger partial charge < -0.3 is 15.2 Å². The first kappa shape index (κ1) is 17.3. The minimum Gasteiger partial charge on any atom is -0.345 e. The molecular weight excluding hydrogens is 364 g/mol. The second kappa shape index (κ2) is 7.62. The molecule has 2 N–H and O–H groups in total. The molecule has 0 bridgehead atoms. The van der Waals surface area contributed by atoms with Crippen LogP contribution < -0.4 is 5.32 Å². The molecule has 1 fully saturated rings. The number of nitrogens with zero attached hydrogens (tertiary/aromatic N) is 6. The van der Waals surface area contributed by atoms with Crippen molar-refractivity contribution in [2.24, 2.45) is 0 Å². The molecule has 4 heterocycles. The molecule has 3 aromatic heterocycles. The van der Waals surface area contributed by atoms with Gasteiger partial charge >= 0.3 is 0 Å². The highest BCUT2D eigenvalue weighted by Crippen LogP contribution is 2.28. The number of rotatable bonds is 5. The van der Waals surface area contributed by atoms with Crippen molar-refractivity contribution in [2.45, 2.75) is 19.3 Å². The molecule has 4 rings (SSSR count). The summed E-state index contributed by atoms with van der Waals surface area (Å²) < 4.78 is 0. The maximum Gasteiger partial charge on any atom is 0.246 e. The van der Waals surface area contributed by atoms with E-state index in [1.165, 1.54) is 11.3 Å². The first-order chi connectivity index (χ1) is 13.2. The SMILES string of the molecule is Cc1nc(Nc2nncs2)cc(C2CCN(C(=O)C=Cc3cnc[nH]3)C2)n1. The summed E-state index contributed by atoms with van der Waals surface area (Å²) in [6.45, 7) is 3.21. The molecule has 0 saturated carbocycles. The topological polar surface area (TPSA) is 113 Å². The number of aryl methyl sites for hydroxylation is 1. The standard InChI is InChI=1S/C17H18N8OS/c1-11-21-14(6-15(22-11)23-17-24-20-10-27-17)12-4-5-25(8-12)16(26)3-2-13-7-18-9-19-13/h2-3,6-7,9-10,12H,4-5,8H2,1H3,(H,18,19)(H,21,22,23,24). The average Bonchev–Trinajstić information content (AvgIpc) is 3.40. The van der Waals surface area contributed by atoms with E-state index in [1.807, 2.05) is 17.9 Å². The number of anilines is 2. The maximum atomic E-state index is 12.4. The van der Waals surface area contributed by atoms with E-state index in [1.54, 1.807) is 30.2 Å². The zero-order valence-electron chi connectivity index (χ0n) is 14.7. The van der Waals surface area contributed by atoms with Gasteiger partial charge in [0.25, 0.3) is 0 Å². The van der Waals surface area contributed by atoms with Gasteiger partial charge in [0.15, 0.2) is 0 Å². The molecule has 9 nitrogen and oxygen atoms in total. The van der Waals surface area contributed by atoms with Crippen molar-refractivity contribution in [3.8, 4) is 0 Å². The van der Waals surface area contributed by atoms with Crippen molar-refractivity contribution in [1.29, 1.82) is 0 Å². The lowest BCUT2D eigenvalue weighted by molar-refractivity contribution is -0.124. The molecule has 3 aromatic rings. The van der Waals surface area contributed by atoms with Gasteiger partial charge in [0.1, 0.15) is 17.2 Å². The van der Waals surface area contributed by atoms with E-state index in [4.69, 9.17) is 0 Å². The summed E-state index contributed by atoms with van der Waals surface area (Å²) in [6.07, 6.45) is 7.44. The number of imidazole rings is 1. The molecule has 0 radical (unpaired) electrons. The van der Waals surface area contributed by atoms with Crippen LogP contribution in [0.1, 0.15) is 29.6 Å². The molecule has 1 aliphatic heterocycles. The molecule has 1 unspecified atom stereocenters. The van der Waals surface area contributed by atoms with Gasteiger partial charge in [-0.15, -0.1) is 10.2 Å². The van der Waals surface area contributed by atoms with E-state index in [9.17, 15) is 4.79 Å². The Balaban J connectivity index is 1.43. The van der Waals surface area contributed by atoms with Crippen LogP contribution in [0, 0.1) is 6.92 Å². The third kappa shape index (κ3) is 4.17. The van der Waals surface area contributed by atoms with Crippen LogP contribution in [0.15, 0.2) is 30.2 Å². The van der Waals surface area contributed by atoms with Crippen LogP contribution in [0.3, 0.4) is 0 Å². The van der Waals surface area contributed by atoms with Crippen LogP contribution in [0.2, 0.25) is 0 Å². The fraction of sp³-hybridized carbons (Fsp3) is 0.294. The van der Waals surface area contributed by atoms with Gasteiger partial charge in [-0.1, -0.05) is 11.3 Å². The molecule has 27 heavy (non-hydrogen) atoms. The largest absolute Gasteiger partial charge is 0.345 e. The summed E-state index contributed by atoms with van der Waals surface area (Å²) in [5.41, 5.74) is 3.40. The Bertz CT molecular complexity index is 938. The van der Waals surface area contributed by atoms with E-state index >= 15 is 0 Å². The molecule has 1 amide bonds. The Kier molecular flexibility index (Phi) is 4.88. The van der Waals surface area contributed by atoms with E-state index < -0.39 is 0 Å². The molecule has 10 heteroatoms. The van der Waals surface area contributed by atoms with Gasteiger partial charge in [-0.2, -0.15) is 0 Å². The molecule has 1 aliphatic rings. The number of H-pyrrole nitrogens is 1. The highest BCUT2D eigenvalue weighted by Gasteiger charge is 2.27. The quantitative estimate of drug-likeness (QED) is 0.650. The van der Waals surface area contributed by atoms with Crippen molar-refractivity contribution < 1.29 is 4.79 Å². The van der Waals surface area contributed by atoms with Crippen molar-refractivity contribution in [1.82, 2.24) is 35.0 Å². The lowest BCUT2D eigenvalue weighted by Crippen LogP contribution is -2.26. The van der Waals surface area contributed by atoms with Crippen molar-refractivity contribution >= 4 is 34.3 Å². The van der Waals surface area contributed by atoms with E-state index in [2.05, 4.69) is 35.5 Å². The number of hydrogen-bond donors (Lipinski definition) is 2. The predicted molar refractivity (Wildman–Crippen MR) is 102 cm³/mol. The third-order valence-electron chi connectivity index (χ3n) is 4.30. The Labute approximate surface area is 159 Å². The zero-order chi connectivity index (χ0) is 18.6. The number of hydrogen-bond acceptors (Lipinski definition) is 8. The fourth-order valence-electron chi connectivity index (χ4n) is 3.03. The van der Waals surface area contributed by atoms with Crippen LogP contribution >= 0.6 is 11.3 Å². The highest BCUT2D eigenvalue weighted by atomic mass is 32.1. The number of carbonyl (C=O) groups excluding carboxylic acids is 1. The molecule has 0 aromatic carbocycles. The number of aromatic amines is 1. The third-order valence-corrected chi connectivity index (χ3v) is 4.90. The van der Waals surface area contributed by atoms with Crippen LogP contribution in [0.25, 0.3) is 6.08 Å². The van der Waals surface area contributed by atoms with Gasteiger partial charge in [0.2, 0.25) is 11.0 Å². The summed E-state index contributed by atoms with van der Waals surface area (Å²) in [5, 5.41) is 11.6. The molecule has 1 atom stereocenters. The fourth-order valence-corrected chi connectivity index (χ4v) is 3.48. The van der Waals surface area contributed by atoms with Gasteiger partial charge in [0.05, 0.1) is 23.9 Å². The second-order valence-corrected chi connectivity index (χ2v) is 7.04. The monoisotopic (exact) mass is 382 g/mol. The van der Waals surface area contributed by atoms with Gasteiger partial charge in [-0.05, 0) is 19.4 Å². The number of nitrogens with one attached hydrogen (secondary N) is 2. The minimum atomic E-state index is -0.00918. The predicted octanol–water partition coefficient (Wildman–Crippen LogP) is 2.13. The van der Waals surface area contributed by atoms with Crippen molar-refractivity contribution in [2.75, 3.05) is 18.4 Å². The van der Waals surface area contributed by atoms with Gasteiger partial charge in [-0.25, -0.2) is 15.0 Å². The average molecular weight is 382 g/mol. The lowest BCUT2D eigenvalue weighted by atomic mass is 10.0. The van der Waals surface area contributed by atoms with Crippen molar-refractivity contribution in [3.05, 3.63) is 47.4 Å². The smallest absolute Gasteiger partial charge is 0.246 e. The second-order valence-electron chi connectivity index (χ2n) is 6.20. The molecule has 138 valence electrons. The van der Waals surface area contributed by atoms with Crippen molar-refractivity contribution in [3.63, 3.8) is 0 Å². The number of amides is 1. The Morgan fingerprint density at radius 2 is 2.37 bits per heavy atom. The Morgan fingerprint density at radius 3 is 3.15 bits per heavy atom. The first-order valence-electron chi connectivity index (χ1n) is 8.51. The van der Waals surface area contributed by atoms with E-state index in [0.29, 0.717) is 29.9 Å². The van der Waals surface area contributed by atoms with E-state index in [0.717, 1.165) is 17.8 Å². The number of likely N-dealkylation sites (tertiary alicyclic amines) is 1. The van der Waals surface area contributed by atoms with Gasteiger partial charge in [0, 0.05) is 31.1 Å². The summed E-state index contributed by atoms with van der Waals surface area (Å²) in [5.74, 6) is 1.55. The maximum absolute atomic E-state index is 12.4. The zero-order valence-corrected chi connectivity index (χ0v) is 15.5. The lowest BCUT2D eigenvalue weighted by Gasteiger charge is -2.15. The summed E-state index contributed by atoms with van der Waals surface area (Å²) in [6, 6.07) is 1.92. The summed E-state index contributed by atoms with van der Waals surface area (Å²) in [7, 11) is 0. The molecule has 0 aliphatic carbocycles. The molecular formula is C17H18N8OS. The van der Waals surface area contributed by atoms with Crippen LogP contribution in [0.4, 0.5) is 10.9 Å². The summed E-state index contributed by atoms with van der Waals surface area (Å²) >= 11 is 1.41. The minimum absolute atomic E-state index is 0.00918. The van der Waals surface area contributed by atoms with Crippen LogP contribution in [-0.4, -0.2) is 54.0 Å².